The average molecular weight is 908 g/mol. The molecular weight excluding hydrogens is 823 g/mol. The molecule has 2 rings (SSSR count). The molecule has 12 unspecified atom stereocenters. The van der Waals surface area contributed by atoms with Crippen LogP contribution in [0.25, 0.3) is 0 Å². The number of aliphatic hydroxyl groups excluding tert-OH is 8. The van der Waals surface area contributed by atoms with Gasteiger partial charge in [-0.1, -0.05) is 164 Å². The van der Waals surface area contributed by atoms with Gasteiger partial charge in [0.05, 0.1) is 32.0 Å². The molecule has 0 aromatic rings. The molecule has 0 spiro atoms. The van der Waals surface area contributed by atoms with E-state index in [0.717, 1.165) is 51.4 Å². The quantitative estimate of drug-likeness (QED) is 0.0277. The lowest BCUT2D eigenvalue weighted by molar-refractivity contribution is -0.359. The molecule has 0 radical (unpaired) electrons. The number of hydrogen-bond donors (Lipinski definition) is 9. The minimum absolute atomic E-state index is 0.0459. The summed E-state index contributed by atoms with van der Waals surface area (Å²) in [7, 11) is 0. The summed E-state index contributed by atoms with van der Waals surface area (Å²) in [6.07, 6.45) is 28.3. The highest BCUT2D eigenvalue weighted by atomic mass is 16.7. The zero-order valence-electron chi connectivity index (χ0n) is 38.7. The normalized spacial score (nSPS) is 27.9. The molecule has 0 bridgehead atoms. The van der Waals surface area contributed by atoms with Gasteiger partial charge in [0.15, 0.2) is 12.6 Å². The van der Waals surface area contributed by atoms with E-state index in [2.05, 4.69) is 61.7 Å². The zero-order chi connectivity index (χ0) is 46.8. The molecule has 14 nitrogen and oxygen atoms in total. The summed E-state index contributed by atoms with van der Waals surface area (Å²) in [4.78, 5) is 13.1. The van der Waals surface area contributed by atoms with Crippen molar-refractivity contribution in [2.45, 2.75) is 216 Å². The van der Waals surface area contributed by atoms with Gasteiger partial charge in [-0.15, -0.1) is 0 Å². The van der Waals surface area contributed by atoms with Gasteiger partial charge in [-0.3, -0.25) is 4.79 Å². The fourth-order valence-corrected chi connectivity index (χ4v) is 7.47. The van der Waals surface area contributed by atoms with Crippen molar-refractivity contribution in [2.24, 2.45) is 0 Å². The monoisotopic (exact) mass is 908 g/mol. The maximum atomic E-state index is 13.1. The molecule has 2 saturated heterocycles. The number of aliphatic hydroxyl groups is 8. The van der Waals surface area contributed by atoms with E-state index in [9.17, 15) is 45.6 Å². The van der Waals surface area contributed by atoms with Gasteiger partial charge in [0.1, 0.15) is 48.8 Å². The van der Waals surface area contributed by atoms with E-state index in [1.165, 1.54) is 64.2 Å². The number of unbranched alkanes of at least 4 members (excludes halogenated alkanes) is 13. The lowest BCUT2D eigenvalue weighted by Gasteiger charge is -2.46. The second-order valence-corrected chi connectivity index (χ2v) is 16.9. The molecule has 368 valence electrons. The van der Waals surface area contributed by atoms with E-state index in [-0.39, 0.29) is 18.9 Å². The Morgan fingerprint density at radius 2 is 1.06 bits per heavy atom. The van der Waals surface area contributed by atoms with Crippen LogP contribution in [0.2, 0.25) is 0 Å². The molecule has 2 aliphatic rings. The van der Waals surface area contributed by atoms with Crippen molar-refractivity contribution in [1.82, 2.24) is 5.32 Å². The molecule has 64 heavy (non-hydrogen) atoms. The van der Waals surface area contributed by atoms with Crippen LogP contribution in [0.15, 0.2) is 72.9 Å². The highest BCUT2D eigenvalue weighted by Gasteiger charge is 2.50. The number of allylic oxidation sites excluding steroid dienone is 10. The lowest BCUT2D eigenvalue weighted by atomic mass is 9.97. The Morgan fingerprint density at radius 1 is 0.578 bits per heavy atom. The van der Waals surface area contributed by atoms with E-state index in [4.69, 9.17) is 18.9 Å². The standard InChI is InChI=1S/C50H85NO13/c1-3-5-7-9-11-13-15-17-19-21-23-25-27-29-31-33-39(54)38(51-42(55)34-32-30-28-26-24-22-20-18-16-14-12-10-8-6-4-2)37-61-49-47(60)45(58)48(41(36-53)63-49)64-50-46(59)44(57)43(56)40(35-52)62-50/h6,8,12,14,18,20,24,26,30-33,38-41,43-50,52-54,56-60H,3-5,7,9-11,13,15-17,19,21-23,25,27-29,34-37H2,1-2H3,(H,51,55)/b8-6-,14-12-,20-18-,26-24-,32-30-,33-31+. The molecule has 12 atom stereocenters. The summed E-state index contributed by atoms with van der Waals surface area (Å²) in [5.74, 6) is -0.370. The van der Waals surface area contributed by atoms with Crippen molar-refractivity contribution in [3.8, 4) is 0 Å². The first-order valence-electron chi connectivity index (χ1n) is 24.2. The molecule has 0 aliphatic carbocycles. The van der Waals surface area contributed by atoms with Crippen molar-refractivity contribution < 1.29 is 64.6 Å². The van der Waals surface area contributed by atoms with Crippen LogP contribution in [-0.2, 0) is 23.7 Å². The molecule has 2 fully saturated rings. The number of ether oxygens (including phenoxy) is 4. The van der Waals surface area contributed by atoms with Crippen molar-refractivity contribution in [1.29, 1.82) is 0 Å². The average Bonchev–Trinajstić information content (AvgIpc) is 3.29. The first kappa shape index (κ1) is 57.6. The topological polar surface area (TPSA) is 228 Å². The van der Waals surface area contributed by atoms with Crippen LogP contribution in [-0.4, -0.2) is 140 Å². The van der Waals surface area contributed by atoms with Crippen molar-refractivity contribution in [3.05, 3.63) is 72.9 Å². The van der Waals surface area contributed by atoms with Gasteiger partial charge < -0.3 is 65.1 Å². The Balaban J connectivity index is 1.93. The van der Waals surface area contributed by atoms with Crippen LogP contribution < -0.4 is 5.32 Å². The zero-order valence-corrected chi connectivity index (χ0v) is 38.7. The van der Waals surface area contributed by atoms with Gasteiger partial charge in [0.25, 0.3) is 0 Å². The highest BCUT2D eigenvalue weighted by Crippen LogP contribution is 2.30. The second kappa shape index (κ2) is 36.5. The molecule has 1 amide bonds. The predicted molar refractivity (Wildman–Crippen MR) is 249 cm³/mol. The minimum atomic E-state index is -1.80. The van der Waals surface area contributed by atoms with Crippen molar-refractivity contribution in [2.75, 3.05) is 19.8 Å². The molecule has 14 heteroatoms. The summed E-state index contributed by atoms with van der Waals surface area (Å²) in [6, 6.07) is -0.971. The van der Waals surface area contributed by atoms with E-state index >= 15 is 0 Å². The van der Waals surface area contributed by atoms with Gasteiger partial charge in [0, 0.05) is 6.42 Å². The van der Waals surface area contributed by atoms with E-state index in [1.807, 2.05) is 18.2 Å². The van der Waals surface area contributed by atoms with Crippen LogP contribution in [0.5, 0.6) is 0 Å². The Labute approximate surface area is 383 Å². The Morgan fingerprint density at radius 3 is 1.59 bits per heavy atom. The second-order valence-electron chi connectivity index (χ2n) is 16.9. The van der Waals surface area contributed by atoms with Gasteiger partial charge in [-0.25, -0.2) is 0 Å². The first-order chi connectivity index (χ1) is 31.1. The molecule has 2 aliphatic heterocycles. The molecule has 2 heterocycles. The Bertz CT molecular complexity index is 1350. The smallest absolute Gasteiger partial charge is 0.224 e. The summed E-state index contributed by atoms with van der Waals surface area (Å²) in [5.41, 5.74) is 0. The largest absolute Gasteiger partial charge is 0.394 e. The number of carbonyl (C=O) groups excluding carboxylic acids is 1. The minimum Gasteiger partial charge on any atom is -0.394 e. The number of carbonyl (C=O) groups is 1. The summed E-state index contributed by atoms with van der Waals surface area (Å²) >= 11 is 0. The Kier molecular flexibility index (Phi) is 32.9. The van der Waals surface area contributed by atoms with Crippen molar-refractivity contribution in [3.63, 3.8) is 0 Å². The highest BCUT2D eigenvalue weighted by molar-refractivity contribution is 5.77. The molecule has 0 saturated carbocycles. The van der Waals surface area contributed by atoms with E-state index < -0.39 is 86.8 Å². The van der Waals surface area contributed by atoms with E-state index in [0.29, 0.717) is 6.42 Å². The van der Waals surface area contributed by atoms with Gasteiger partial charge in [-0.05, 0) is 44.9 Å². The van der Waals surface area contributed by atoms with Crippen LogP contribution in [0.3, 0.4) is 0 Å². The lowest BCUT2D eigenvalue weighted by Crippen LogP contribution is -2.65. The van der Waals surface area contributed by atoms with Gasteiger partial charge in [0.2, 0.25) is 5.91 Å². The summed E-state index contributed by atoms with van der Waals surface area (Å²) < 4.78 is 22.6. The third kappa shape index (κ3) is 23.7. The fraction of sp³-hybridized carbons (Fsp3) is 0.740. The number of nitrogens with one attached hydrogen (secondary N) is 1. The van der Waals surface area contributed by atoms with Crippen LogP contribution in [0.4, 0.5) is 0 Å². The van der Waals surface area contributed by atoms with E-state index in [1.54, 1.807) is 12.2 Å². The van der Waals surface area contributed by atoms with Crippen molar-refractivity contribution >= 4 is 5.91 Å². The maximum Gasteiger partial charge on any atom is 0.224 e. The molecular formula is C50H85NO13. The third-order valence-corrected chi connectivity index (χ3v) is 11.4. The van der Waals surface area contributed by atoms with Crippen LogP contribution in [0, 0.1) is 0 Å². The number of rotatable bonds is 35. The number of hydrogen-bond acceptors (Lipinski definition) is 13. The fourth-order valence-electron chi connectivity index (χ4n) is 7.47. The SMILES string of the molecule is CC/C=C\C/C=C\C/C=C\C/C=C\C/C=C\CC(=O)NC(COC1OC(CO)C(OC2OC(CO)C(O)C(O)C2O)C(O)C1O)C(O)/C=C/CCCCCCCCCCCCCCC. The van der Waals surface area contributed by atoms with Gasteiger partial charge in [-0.2, -0.15) is 0 Å². The van der Waals surface area contributed by atoms with Crippen LogP contribution >= 0.6 is 0 Å². The van der Waals surface area contributed by atoms with Gasteiger partial charge >= 0.3 is 0 Å². The molecule has 0 aromatic carbocycles. The summed E-state index contributed by atoms with van der Waals surface area (Å²) in [6.45, 7) is 2.57. The number of amides is 1. The Hall–Kier alpha value is -2.57. The van der Waals surface area contributed by atoms with Crippen LogP contribution in [0.1, 0.15) is 142 Å². The molecule has 0 aromatic heterocycles. The third-order valence-electron chi connectivity index (χ3n) is 11.4. The first-order valence-corrected chi connectivity index (χ1v) is 24.2. The predicted octanol–water partition coefficient (Wildman–Crippen LogP) is 5.65. The summed E-state index contributed by atoms with van der Waals surface area (Å²) in [5, 5.41) is 86.5. The molecule has 9 N–H and O–H groups in total. The maximum absolute atomic E-state index is 13.1.